The maximum Gasteiger partial charge on any atom is 0.277 e. The fourth-order valence-electron chi connectivity index (χ4n) is 2.09. The van der Waals surface area contributed by atoms with Gasteiger partial charge in [-0.05, 0) is 17.9 Å². The Bertz CT molecular complexity index is 641. The van der Waals surface area contributed by atoms with Gasteiger partial charge >= 0.3 is 0 Å². The fraction of sp³-hybridized carbons (Fsp3) is 0.500. The van der Waals surface area contributed by atoms with Gasteiger partial charge in [0.2, 0.25) is 0 Å². The van der Waals surface area contributed by atoms with Crippen LogP contribution in [0.5, 0.6) is 0 Å². The lowest BCUT2D eigenvalue weighted by molar-refractivity contribution is 0.533. The van der Waals surface area contributed by atoms with Crippen LogP contribution >= 0.6 is 0 Å². The molecule has 0 aliphatic carbocycles. The molecule has 0 aromatic heterocycles. The second-order valence-corrected chi connectivity index (χ2v) is 8.74. The van der Waals surface area contributed by atoms with Crippen molar-refractivity contribution in [2.24, 2.45) is 5.92 Å². The zero-order valence-electron chi connectivity index (χ0n) is 10.9. The van der Waals surface area contributed by atoms with Gasteiger partial charge < -0.3 is 0 Å². The van der Waals surface area contributed by atoms with E-state index in [9.17, 15) is 16.8 Å². The number of benzene rings is 1. The third-order valence-corrected chi connectivity index (χ3v) is 6.11. The molecule has 1 heterocycles. The molecule has 1 unspecified atom stereocenters. The average Bonchev–Trinajstić information content (AvgIpc) is 2.75. The predicted octanol–water partition coefficient (Wildman–Crippen LogP) is 0.0453. The molecule has 1 fully saturated rings. The Kier molecular flexibility index (Phi) is 4.79. The van der Waals surface area contributed by atoms with Gasteiger partial charge in [0, 0.05) is 13.1 Å². The summed E-state index contributed by atoms with van der Waals surface area (Å²) in [6.07, 6.45) is 0.517. The van der Waals surface area contributed by atoms with Gasteiger partial charge in [0.15, 0.2) is 9.84 Å². The van der Waals surface area contributed by atoms with E-state index < -0.39 is 20.0 Å². The van der Waals surface area contributed by atoms with Gasteiger partial charge in [0.05, 0.1) is 11.5 Å². The van der Waals surface area contributed by atoms with Crippen LogP contribution in [0.3, 0.4) is 0 Å². The van der Waals surface area contributed by atoms with Crippen LogP contribution in [0.15, 0.2) is 30.3 Å². The van der Waals surface area contributed by atoms with E-state index in [0.29, 0.717) is 6.42 Å². The van der Waals surface area contributed by atoms with Crippen LogP contribution in [0.1, 0.15) is 12.0 Å². The van der Waals surface area contributed by atoms with Crippen LogP contribution in [-0.4, -0.2) is 34.9 Å². The molecule has 1 atom stereocenters. The third kappa shape index (κ3) is 4.86. The van der Waals surface area contributed by atoms with Crippen molar-refractivity contribution in [3.05, 3.63) is 35.9 Å². The molecule has 1 aromatic carbocycles. The summed E-state index contributed by atoms with van der Waals surface area (Å²) in [5.74, 6) is 0.0821. The first-order valence-corrected chi connectivity index (χ1v) is 9.65. The summed E-state index contributed by atoms with van der Waals surface area (Å²) in [7, 11) is -6.57. The molecule has 1 aromatic rings. The van der Waals surface area contributed by atoms with E-state index in [4.69, 9.17) is 0 Å². The highest BCUT2D eigenvalue weighted by Crippen LogP contribution is 2.17. The summed E-state index contributed by atoms with van der Waals surface area (Å²) >= 11 is 0. The Hall–Kier alpha value is -0.960. The van der Waals surface area contributed by atoms with Gasteiger partial charge in [-0.3, -0.25) is 0 Å². The molecule has 0 saturated carbocycles. The summed E-state index contributed by atoms with van der Waals surface area (Å²) in [6, 6.07) is 9.18. The molecular formula is C12H18N2O4S2. The first-order chi connectivity index (χ1) is 9.36. The second-order valence-electron chi connectivity index (χ2n) is 4.93. The van der Waals surface area contributed by atoms with Gasteiger partial charge in [0.1, 0.15) is 0 Å². The first kappa shape index (κ1) is 15.4. The van der Waals surface area contributed by atoms with Gasteiger partial charge in [-0.15, -0.1) is 0 Å². The molecule has 20 heavy (non-hydrogen) atoms. The lowest BCUT2D eigenvalue weighted by Gasteiger charge is -2.11. The highest BCUT2D eigenvalue weighted by molar-refractivity contribution is 7.91. The summed E-state index contributed by atoms with van der Waals surface area (Å²) < 4.78 is 50.9. The summed E-state index contributed by atoms with van der Waals surface area (Å²) in [6.45, 7) is 0.364. The first-order valence-electron chi connectivity index (χ1n) is 6.35. The molecule has 112 valence electrons. The molecule has 1 saturated heterocycles. The number of hydrogen-bond acceptors (Lipinski definition) is 4. The predicted molar refractivity (Wildman–Crippen MR) is 77.0 cm³/mol. The third-order valence-electron chi connectivity index (χ3n) is 3.20. The Morgan fingerprint density at radius 1 is 1.15 bits per heavy atom. The molecular weight excluding hydrogens is 300 g/mol. The van der Waals surface area contributed by atoms with Crippen LogP contribution in [0, 0.1) is 5.92 Å². The zero-order chi connectivity index (χ0) is 14.6. The monoisotopic (exact) mass is 318 g/mol. The van der Waals surface area contributed by atoms with Crippen LogP contribution in [0.2, 0.25) is 0 Å². The number of sulfone groups is 1. The van der Waals surface area contributed by atoms with Gasteiger partial charge in [-0.1, -0.05) is 30.3 Å². The Balaban J connectivity index is 1.80. The molecule has 0 amide bonds. The van der Waals surface area contributed by atoms with E-state index in [2.05, 4.69) is 9.44 Å². The molecule has 2 N–H and O–H groups in total. The molecule has 1 aliphatic heterocycles. The second kappa shape index (κ2) is 6.21. The van der Waals surface area contributed by atoms with Crippen molar-refractivity contribution in [2.45, 2.75) is 13.0 Å². The Morgan fingerprint density at radius 2 is 1.85 bits per heavy atom. The fourth-order valence-corrected chi connectivity index (χ4v) is 4.86. The van der Waals surface area contributed by atoms with Crippen LogP contribution < -0.4 is 9.44 Å². The summed E-state index contributed by atoms with van der Waals surface area (Å²) in [4.78, 5) is 0. The number of rotatable bonds is 6. The molecule has 0 bridgehead atoms. The van der Waals surface area contributed by atoms with E-state index in [-0.39, 0.29) is 30.5 Å². The SMILES string of the molecule is O=S1(=O)CCC(CNS(=O)(=O)NCc2ccccc2)C1. The maximum atomic E-state index is 11.8. The van der Waals surface area contributed by atoms with Crippen molar-refractivity contribution < 1.29 is 16.8 Å². The summed E-state index contributed by atoms with van der Waals surface area (Å²) in [5, 5.41) is 0. The lowest BCUT2D eigenvalue weighted by atomic mass is 10.1. The highest BCUT2D eigenvalue weighted by Gasteiger charge is 2.28. The molecule has 0 radical (unpaired) electrons. The summed E-state index contributed by atoms with van der Waals surface area (Å²) in [5.41, 5.74) is 0.862. The van der Waals surface area contributed by atoms with Crippen molar-refractivity contribution in [3.8, 4) is 0 Å². The Morgan fingerprint density at radius 3 is 2.45 bits per heavy atom. The van der Waals surface area contributed by atoms with Crippen molar-refractivity contribution in [1.82, 2.24) is 9.44 Å². The normalized spacial score (nSPS) is 21.9. The minimum absolute atomic E-state index is 0.0637. The van der Waals surface area contributed by atoms with Crippen LogP contribution in [0.25, 0.3) is 0 Å². The molecule has 6 nitrogen and oxygen atoms in total. The largest absolute Gasteiger partial charge is 0.277 e. The van der Waals surface area contributed by atoms with E-state index in [1.807, 2.05) is 30.3 Å². The minimum atomic E-state index is -3.60. The van der Waals surface area contributed by atoms with Crippen molar-refractivity contribution in [1.29, 1.82) is 0 Å². The quantitative estimate of drug-likeness (QED) is 0.775. The van der Waals surface area contributed by atoms with Crippen molar-refractivity contribution in [2.75, 3.05) is 18.1 Å². The topological polar surface area (TPSA) is 92.3 Å². The Labute approximate surface area is 119 Å². The number of nitrogens with one attached hydrogen (secondary N) is 2. The van der Waals surface area contributed by atoms with E-state index in [1.54, 1.807) is 0 Å². The van der Waals surface area contributed by atoms with Gasteiger partial charge in [0.25, 0.3) is 10.2 Å². The maximum absolute atomic E-state index is 11.8. The highest BCUT2D eigenvalue weighted by atomic mass is 32.2. The van der Waals surface area contributed by atoms with E-state index in [0.717, 1.165) is 5.56 Å². The molecule has 8 heteroatoms. The molecule has 0 spiro atoms. The number of hydrogen-bond donors (Lipinski definition) is 2. The van der Waals surface area contributed by atoms with Gasteiger partial charge in [-0.2, -0.15) is 13.1 Å². The average molecular weight is 318 g/mol. The molecule has 1 aliphatic rings. The smallest absolute Gasteiger partial charge is 0.229 e. The van der Waals surface area contributed by atoms with E-state index in [1.165, 1.54) is 0 Å². The van der Waals surface area contributed by atoms with Crippen LogP contribution in [-0.2, 0) is 26.6 Å². The van der Waals surface area contributed by atoms with E-state index >= 15 is 0 Å². The zero-order valence-corrected chi connectivity index (χ0v) is 12.6. The van der Waals surface area contributed by atoms with Gasteiger partial charge in [-0.25, -0.2) is 13.1 Å². The standard InChI is InChI=1S/C12H18N2O4S2/c15-19(16)7-6-12(10-19)9-14-20(17,18)13-8-11-4-2-1-3-5-11/h1-5,12-14H,6-10H2. The van der Waals surface area contributed by atoms with Crippen molar-refractivity contribution >= 4 is 20.0 Å². The van der Waals surface area contributed by atoms with Crippen molar-refractivity contribution in [3.63, 3.8) is 0 Å². The molecule has 2 rings (SSSR count). The lowest BCUT2D eigenvalue weighted by Crippen LogP contribution is -2.39. The van der Waals surface area contributed by atoms with Crippen LogP contribution in [0.4, 0.5) is 0 Å². The minimum Gasteiger partial charge on any atom is -0.229 e.